The Morgan fingerprint density at radius 3 is 2.61 bits per heavy atom. The van der Waals surface area contributed by atoms with Crippen molar-refractivity contribution in [1.82, 2.24) is 0 Å². The van der Waals surface area contributed by atoms with Gasteiger partial charge in [0, 0.05) is 17.8 Å². The molecule has 1 heterocycles. The molecule has 1 atom stereocenters. The summed E-state index contributed by atoms with van der Waals surface area (Å²) in [6.45, 7) is 4.20. The molecule has 1 unspecified atom stereocenters. The molecule has 0 saturated carbocycles. The lowest BCUT2D eigenvalue weighted by Gasteiger charge is -2.21. The quantitative estimate of drug-likeness (QED) is 0.854. The fourth-order valence-corrected chi connectivity index (χ4v) is 2.93. The monoisotopic (exact) mass is 311 g/mol. The van der Waals surface area contributed by atoms with Crippen LogP contribution in [-0.4, -0.2) is 28.4 Å². The Hall–Kier alpha value is -1.36. The number of carbonyl (C=O) groups excluding carboxylic acids is 1. The van der Waals surface area contributed by atoms with Gasteiger partial charge in [0.25, 0.3) is 0 Å². The van der Waals surface area contributed by atoms with E-state index >= 15 is 0 Å². The highest BCUT2D eigenvalue weighted by atomic mass is 79.9. The lowest BCUT2D eigenvalue weighted by atomic mass is 10.0. The van der Waals surface area contributed by atoms with E-state index in [2.05, 4.69) is 15.9 Å². The van der Waals surface area contributed by atoms with Gasteiger partial charge in [-0.25, -0.2) is 4.79 Å². The van der Waals surface area contributed by atoms with Gasteiger partial charge in [0.2, 0.25) is 5.91 Å². The molecule has 0 radical (unpaired) electrons. The zero-order chi connectivity index (χ0) is 13.4. The summed E-state index contributed by atoms with van der Waals surface area (Å²) in [4.78, 5) is 24.9. The number of anilines is 1. The number of benzene rings is 1. The summed E-state index contributed by atoms with van der Waals surface area (Å²) >= 11 is 3.41. The van der Waals surface area contributed by atoms with E-state index in [9.17, 15) is 14.7 Å². The second kappa shape index (κ2) is 4.72. The summed E-state index contributed by atoms with van der Waals surface area (Å²) < 4.78 is 0. The number of carboxylic acid groups (broad SMARTS) is 1. The minimum atomic E-state index is -0.998. The van der Waals surface area contributed by atoms with Crippen LogP contribution in [0.3, 0.4) is 0 Å². The van der Waals surface area contributed by atoms with Crippen molar-refractivity contribution in [3.8, 4) is 0 Å². The maximum atomic E-state index is 11.9. The Kier molecular flexibility index (Phi) is 3.43. The number of hydrogen-bond donors (Lipinski definition) is 1. The number of carbonyl (C=O) groups is 2. The third kappa shape index (κ3) is 2.27. The average molecular weight is 312 g/mol. The Bertz CT molecular complexity index is 527. The predicted octanol–water partition coefficient (Wildman–Crippen LogP) is 2.50. The highest BCUT2D eigenvalue weighted by molar-refractivity contribution is 9.09. The first-order chi connectivity index (χ1) is 8.40. The topological polar surface area (TPSA) is 57.6 Å². The van der Waals surface area contributed by atoms with E-state index < -0.39 is 5.97 Å². The van der Waals surface area contributed by atoms with Crippen molar-refractivity contribution in [2.24, 2.45) is 0 Å². The first-order valence-electron chi connectivity index (χ1n) is 5.69. The van der Waals surface area contributed by atoms with Gasteiger partial charge in [-0.1, -0.05) is 22.0 Å². The molecule has 1 aromatic carbocycles. The normalized spacial score (nSPS) is 19.4. The van der Waals surface area contributed by atoms with Gasteiger partial charge in [-0.2, -0.15) is 0 Å². The van der Waals surface area contributed by atoms with Crippen LogP contribution in [0.2, 0.25) is 0 Å². The molecule has 4 nitrogen and oxygen atoms in total. The fraction of sp³-hybridized carbons (Fsp3) is 0.385. The van der Waals surface area contributed by atoms with Crippen molar-refractivity contribution < 1.29 is 14.7 Å². The SMILES string of the molecule is Cc1cc(C)c(N2CC(Br)CC2=O)c(C(=O)O)c1. The third-order valence-electron chi connectivity index (χ3n) is 3.02. The van der Waals surface area contributed by atoms with Gasteiger partial charge >= 0.3 is 5.97 Å². The molecule has 1 aliphatic heterocycles. The number of halogens is 1. The van der Waals surface area contributed by atoms with Crippen LogP contribution in [0.1, 0.15) is 27.9 Å². The number of aromatic carboxylic acids is 1. The summed E-state index contributed by atoms with van der Waals surface area (Å²) in [5.41, 5.74) is 2.43. The fourth-order valence-electron chi connectivity index (χ4n) is 2.36. The van der Waals surface area contributed by atoms with Gasteiger partial charge in [0.1, 0.15) is 0 Å². The number of carboxylic acids is 1. The number of hydrogen-bond acceptors (Lipinski definition) is 2. The van der Waals surface area contributed by atoms with E-state index in [-0.39, 0.29) is 16.3 Å². The zero-order valence-electron chi connectivity index (χ0n) is 10.2. The highest BCUT2D eigenvalue weighted by Crippen LogP contribution is 2.32. The van der Waals surface area contributed by atoms with E-state index in [1.165, 1.54) is 0 Å². The van der Waals surface area contributed by atoms with Gasteiger partial charge in [-0.05, 0) is 31.0 Å². The van der Waals surface area contributed by atoms with Crippen LogP contribution >= 0.6 is 15.9 Å². The lowest BCUT2D eigenvalue weighted by Crippen LogP contribution is -2.27. The smallest absolute Gasteiger partial charge is 0.337 e. The van der Waals surface area contributed by atoms with Crippen molar-refractivity contribution in [1.29, 1.82) is 0 Å². The molecule has 1 N–H and O–H groups in total. The molecule has 0 bridgehead atoms. The molecule has 1 fully saturated rings. The average Bonchev–Trinajstić information content (AvgIpc) is 2.56. The molecule has 0 aromatic heterocycles. The van der Waals surface area contributed by atoms with Crippen LogP contribution in [0.25, 0.3) is 0 Å². The molecule has 2 rings (SSSR count). The molecule has 18 heavy (non-hydrogen) atoms. The molecule has 1 aromatic rings. The minimum Gasteiger partial charge on any atom is -0.478 e. The van der Waals surface area contributed by atoms with Gasteiger partial charge in [0.15, 0.2) is 0 Å². The minimum absolute atomic E-state index is 0.0358. The Morgan fingerprint density at radius 1 is 1.44 bits per heavy atom. The number of aryl methyl sites for hydroxylation is 2. The van der Waals surface area contributed by atoms with Crippen LogP contribution in [0, 0.1) is 13.8 Å². The van der Waals surface area contributed by atoms with Crippen LogP contribution in [-0.2, 0) is 4.79 Å². The Balaban J connectivity index is 2.56. The van der Waals surface area contributed by atoms with Crippen molar-refractivity contribution in [2.75, 3.05) is 11.4 Å². The maximum Gasteiger partial charge on any atom is 0.337 e. The Labute approximate surface area is 114 Å². The van der Waals surface area contributed by atoms with E-state index in [1.54, 1.807) is 11.0 Å². The zero-order valence-corrected chi connectivity index (χ0v) is 11.8. The molecule has 0 aliphatic carbocycles. The summed E-state index contributed by atoms with van der Waals surface area (Å²) in [5, 5.41) is 9.28. The van der Waals surface area contributed by atoms with Crippen LogP contribution < -0.4 is 4.90 Å². The molecule has 1 saturated heterocycles. The van der Waals surface area contributed by atoms with Crippen molar-refractivity contribution in [3.63, 3.8) is 0 Å². The van der Waals surface area contributed by atoms with E-state index in [0.29, 0.717) is 18.7 Å². The van der Waals surface area contributed by atoms with Crippen molar-refractivity contribution in [3.05, 3.63) is 28.8 Å². The second-order valence-electron chi connectivity index (χ2n) is 4.59. The van der Waals surface area contributed by atoms with Crippen LogP contribution in [0.4, 0.5) is 5.69 Å². The van der Waals surface area contributed by atoms with Gasteiger partial charge in [-0.15, -0.1) is 0 Å². The summed E-state index contributed by atoms with van der Waals surface area (Å²) in [7, 11) is 0. The molecular weight excluding hydrogens is 298 g/mol. The third-order valence-corrected chi connectivity index (χ3v) is 3.64. The number of amides is 1. The van der Waals surface area contributed by atoms with Gasteiger partial charge in [-0.3, -0.25) is 4.79 Å². The molecule has 0 spiro atoms. The predicted molar refractivity (Wildman–Crippen MR) is 72.6 cm³/mol. The molecule has 5 heteroatoms. The second-order valence-corrected chi connectivity index (χ2v) is 5.88. The number of nitrogens with zero attached hydrogens (tertiary/aromatic N) is 1. The number of alkyl halides is 1. The first kappa shape index (κ1) is 13.1. The summed E-state index contributed by atoms with van der Waals surface area (Å²) in [5.74, 6) is -1.03. The summed E-state index contributed by atoms with van der Waals surface area (Å²) in [6.07, 6.45) is 0.409. The van der Waals surface area contributed by atoms with Crippen LogP contribution in [0.15, 0.2) is 12.1 Å². The summed E-state index contributed by atoms with van der Waals surface area (Å²) in [6, 6.07) is 3.51. The van der Waals surface area contributed by atoms with Crippen LogP contribution in [0.5, 0.6) is 0 Å². The largest absolute Gasteiger partial charge is 0.478 e. The molecule has 1 amide bonds. The van der Waals surface area contributed by atoms with E-state index in [4.69, 9.17) is 0 Å². The van der Waals surface area contributed by atoms with E-state index in [1.807, 2.05) is 19.9 Å². The van der Waals surface area contributed by atoms with Crippen molar-refractivity contribution in [2.45, 2.75) is 25.1 Å². The molecular formula is C13H14BrNO3. The van der Waals surface area contributed by atoms with Gasteiger partial charge < -0.3 is 10.0 Å². The maximum absolute atomic E-state index is 11.9. The first-order valence-corrected chi connectivity index (χ1v) is 6.60. The highest BCUT2D eigenvalue weighted by Gasteiger charge is 2.32. The lowest BCUT2D eigenvalue weighted by molar-refractivity contribution is -0.117. The van der Waals surface area contributed by atoms with Gasteiger partial charge in [0.05, 0.1) is 11.3 Å². The molecule has 1 aliphatic rings. The number of rotatable bonds is 2. The standard InChI is InChI=1S/C13H14BrNO3/c1-7-3-8(2)12(10(4-7)13(17)18)15-6-9(14)5-11(15)16/h3-4,9H,5-6H2,1-2H3,(H,17,18). The molecule has 96 valence electrons. The van der Waals surface area contributed by atoms with Crippen molar-refractivity contribution >= 4 is 33.5 Å². The Morgan fingerprint density at radius 2 is 2.11 bits per heavy atom. The van der Waals surface area contributed by atoms with E-state index in [0.717, 1.165) is 11.1 Å².